The first-order chi connectivity index (χ1) is 16.2. The Labute approximate surface area is 213 Å². The number of rotatable bonds is 2. The number of fused-ring (bicyclic) bond motifs is 7. The molecule has 4 nitrogen and oxygen atoms in total. The molecule has 4 saturated carbocycles. The van der Waals surface area contributed by atoms with E-state index in [1.54, 1.807) is 7.11 Å². The maximum absolute atomic E-state index is 13.1. The lowest BCUT2D eigenvalue weighted by Crippen LogP contribution is -2.69. The van der Waals surface area contributed by atoms with Gasteiger partial charge < -0.3 is 14.9 Å². The van der Waals surface area contributed by atoms with Crippen molar-refractivity contribution in [2.24, 2.45) is 56.7 Å². The van der Waals surface area contributed by atoms with Crippen LogP contribution in [0.1, 0.15) is 99.8 Å². The fourth-order valence-electron chi connectivity index (χ4n) is 11.0. The fraction of sp³-hybridized carbons (Fsp3) is 0.903. The Morgan fingerprint density at radius 3 is 2.29 bits per heavy atom. The van der Waals surface area contributed by atoms with Gasteiger partial charge >= 0.3 is 0 Å². The van der Waals surface area contributed by atoms with Crippen LogP contribution < -0.4 is 0 Å². The molecule has 0 bridgehead atoms. The van der Waals surface area contributed by atoms with Crippen LogP contribution in [0, 0.1) is 56.7 Å². The molecule has 35 heavy (non-hydrogen) atoms. The molecule has 4 fully saturated rings. The van der Waals surface area contributed by atoms with Crippen molar-refractivity contribution in [3.05, 3.63) is 11.3 Å². The number of carbonyl (C=O) groups is 1. The molecule has 4 heteroatoms. The van der Waals surface area contributed by atoms with Crippen LogP contribution in [0.4, 0.5) is 0 Å². The van der Waals surface area contributed by atoms with Crippen LogP contribution in [0.3, 0.4) is 0 Å². The van der Waals surface area contributed by atoms with Crippen LogP contribution in [-0.2, 0) is 9.53 Å². The molecule has 5 rings (SSSR count). The fourth-order valence-corrected chi connectivity index (χ4v) is 11.0. The quantitative estimate of drug-likeness (QED) is 0.455. The van der Waals surface area contributed by atoms with Gasteiger partial charge in [-0.1, -0.05) is 48.5 Å². The number of carbonyl (C=O) groups excluding carboxylic acids is 1. The molecule has 0 heterocycles. The number of aliphatic hydroxyl groups is 2. The van der Waals surface area contributed by atoms with E-state index in [1.165, 1.54) is 24.8 Å². The van der Waals surface area contributed by atoms with E-state index in [1.807, 2.05) is 6.92 Å². The predicted octanol–water partition coefficient (Wildman–Crippen LogP) is 6.72. The number of hydrogen-bond acceptors (Lipinski definition) is 4. The van der Waals surface area contributed by atoms with E-state index in [0.717, 1.165) is 25.7 Å². The molecule has 5 aliphatic rings. The van der Waals surface area contributed by atoms with Crippen molar-refractivity contribution in [2.75, 3.05) is 13.7 Å². The van der Waals surface area contributed by atoms with E-state index in [9.17, 15) is 15.0 Å². The highest BCUT2D eigenvalue weighted by molar-refractivity contribution is 5.86. The van der Waals surface area contributed by atoms with E-state index in [2.05, 4.69) is 41.5 Å². The van der Waals surface area contributed by atoms with E-state index < -0.39 is 5.41 Å². The SMILES string of the molecule is CO[C@@H]1C(O)=C2[C@H]3[C@H](C)[C@@H](C)CC[C@@]3(C)CC[C@]2(C)[C@@]2(C)CC[C@@H]3[C@@](C)(CCC(=O)[C@@]3(C)CO)[C@H]12. The molecule has 0 saturated heterocycles. The normalized spacial score (nSPS) is 56.1. The molecule has 0 unspecified atom stereocenters. The van der Waals surface area contributed by atoms with Gasteiger partial charge in [-0.25, -0.2) is 0 Å². The minimum Gasteiger partial charge on any atom is -0.510 e. The Morgan fingerprint density at radius 1 is 0.971 bits per heavy atom. The third-order valence-electron chi connectivity index (χ3n) is 13.6. The summed E-state index contributed by atoms with van der Waals surface area (Å²) in [6.45, 7) is 16.5. The second-order valence-electron chi connectivity index (χ2n) is 14.8. The molecule has 11 atom stereocenters. The average molecular weight is 487 g/mol. The van der Waals surface area contributed by atoms with E-state index in [4.69, 9.17) is 4.74 Å². The van der Waals surface area contributed by atoms with Gasteiger partial charge in [-0.3, -0.25) is 4.79 Å². The first-order valence-corrected chi connectivity index (χ1v) is 14.4. The molecule has 2 N–H and O–H groups in total. The van der Waals surface area contributed by atoms with Crippen molar-refractivity contribution < 1.29 is 19.7 Å². The molecule has 5 aliphatic carbocycles. The summed E-state index contributed by atoms with van der Waals surface area (Å²) in [6.07, 6.45) is 7.80. The Bertz CT molecular complexity index is 940. The molecule has 0 radical (unpaired) electrons. The van der Waals surface area contributed by atoms with Crippen molar-refractivity contribution in [3.8, 4) is 0 Å². The number of aliphatic hydroxyl groups excluding tert-OH is 2. The lowest BCUT2D eigenvalue weighted by molar-refractivity contribution is -0.224. The van der Waals surface area contributed by atoms with Crippen molar-refractivity contribution >= 4 is 5.78 Å². The Hall–Kier alpha value is -0.870. The summed E-state index contributed by atoms with van der Waals surface area (Å²) in [5, 5.41) is 22.7. The topological polar surface area (TPSA) is 66.8 Å². The monoisotopic (exact) mass is 486 g/mol. The summed E-state index contributed by atoms with van der Waals surface area (Å²) in [5.74, 6) is 2.54. The largest absolute Gasteiger partial charge is 0.510 e. The molecule has 0 aliphatic heterocycles. The van der Waals surface area contributed by atoms with Crippen LogP contribution in [-0.4, -0.2) is 35.8 Å². The first-order valence-electron chi connectivity index (χ1n) is 14.4. The van der Waals surface area contributed by atoms with E-state index in [0.29, 0.717) is 29.9 Å². The number of ketones is 1. The van der Waals surface area contributed by atoms with Gasteiger partial charge in [0, 0.05) is 19.4 Å². The summed E-state index contributed by atoms with van der Waals surface area (Å²) < 4.78 is 6.29. The first kappa shape index (κ1) is 25.8. The molecule has 0 spiro atoms. The van der Waals surface area contributed by atoms with Gasteiger partial charge in [0.25, 0.3) is 0 Å². The highest BCUT2D eigenvalue weighted by Crippen LogP contribution is 2.76. The zero-order chi connectivity index (χ0) is 25.8. The van der Waals surface area contributed by atoms with Gasteiger partial charge in [0.2, 0.25) is 0 Å². The summed E-state index contributed by atoms with van der Waals surface area (Å²) in [6, 6.07) is 0. The van der Waals surface area contributed by atoms with Gasteiger partial charge in [-0.05, 0) is 95.9 Å². The third kappa shape index (κ3) is 2.96. The van der Waals surface area contributed by atoms with Gasteiger partial charge in [0.15, 0.2) is 0 Å². The van der Waals surface area contributed by atoms with E-state index >= 15 is 0 Å². The summed E-state index contributed by atoms with van der Waals surface area (Å²) in [5.41, 5.74) is 0.564. The third-order valence-corrected chi connectivity index (χ3v) is 13.6. The molecule has 0 aromatic heterocycles. The summed E-state index contributed by atoms with van der Waals surface area (Å²) >= 11 is 0. The van der Waals surface area contributed by atoms with Gasteiger partial charge in [0.1, 0.15) is 17.6 Å². The molecular weight excluding hydrogens is 436 g/mol. The predicted molar refractivity (Wildman–Crippen MR) is 139 cm³/mol. The van der Waals surface area contributed by atoms with Crippen molar-refractivity contribution in [3.63, 3.8) is 0 Å². The number of ether oxygens (including phenoxy) is 1. The van der Waals surface area contributed by atoms with E-state index in [-0.39, 0.29) is 52.0 Å². The van der Waals surface area contributed by atoms with Gasteiger partial charge in [0.05, 0.1) is 12.0 Å². The standard InChI is InChI=1S/C31H50O4/c1-18-9-12-27(3)15-16-30(6)23(22(27)19(18)2)24(34)25(35-8)26-28(4)13-11-21(33)29(5,17-32)20(28)10-14-31(26,30)7/h18-20,22,25-26,32,34H,9-17H2,1-8H3/t18-,19+,20+,22+,25+,26-,27-,28+,29-,30-,31-/m0/s1. The second kappa shape index (κ2) is 7.82. The Balaban J connectivity index is 1.71. The maximum atomic E-state index is 13.1. The molecule has 0 amide bonds. The lowest BCUT2D eigenvalue weighted by Gasteiger charge is -2.72. The minimum absolute atomic E-state index is 0.0288. The minimum atomic E-state index is -0.703. The van der Waals surface area contributed by atoms with Crippen LogP contribution in [0.25, 0.3) is 0 Å². The van der Waals surface area contributed by atoms with Crippen molar-refractivity contribution in [1.82, 2.24) is 0 Å². The van der Waals surface area contributed by atoms with Crippen LogP contribution in [0.2, 0.25) is 0 Å². The maximum Gasteiger partial charge on any atom is 0.141 e. The van der Waals surface area contributed by atoms with Gasteiger partial charge in [-0.15, -0.1) is 0 Å². The lowest BCUT2D eigenvalue weighted by atomic mass is 9.32. The van der Waals surface area contributed by atoms with Crippen molar-refractivity contribution in [2.45, 2.75) is 106 Å². The Kier molecular flexibility index (Phi) is 5.76. The number of methoxy groups -OCH3 is 1. The van der Waals surface area contributed by atoms with Crippen molar-refractivity contribution in [1.29, 1.82) is 0 Å². The number of hydrogen-bond donors (Lipinski definition) is 2. The van der Waals surface area contributed by atoms with Gasteiger partial charge in [-0.2, -0.15) is 0 Å². The molecular formula is C31H50O4. The highest BCUT2D eigenvalue weighted by Gasteiger charge is 2.72. The molecule has 198 valence electrons. The summed E-state index contributed by atoms with van der Waals surface area (Å²) in [7, 11) is 1.77. The van der Waals surface area contributed by atoms with Crippen LogP contribution in [0.5, 0.6) is 0 Å². The smallest absolute Gasteiger partial charge is 0.141 e. The second-order valence-corrected chi connectivity index (χ2v) is 14.8. The average Bonchev–Trinajstić information content (AvgIpc) is 2.81. The number of Topliss-reactive ketones (excluding diaryl/α,β-unsaturated/α-hetero) is 1. The van der Waals surface area contributed by atoms with Crippen LogP contribution >= 0.6 is 0 Å². The summed E-state index contributed by atoms with van der Waals surface area (Å²) in [4.78, 5) is 13.1. The zero-order valence-electron chi connectivity index (χ0n) is 23.5. The molecule has 0 aromatic carbocycles. The molecule has 0 aromatic rings. The highest BCUT2D eigenvalue weighted by atomic mass is 16.5. The number of allylic oxidation sites excluding steroid dienone is 1. The Morgan fingerprint density at radius 2 is 1.66 bits per heavy atom. The van der Waals surface area contributed by atoms with Crippen LogP contribution in [0.15, 0.2) is 11.3 Å². The zero-order valence-corrected chi connectivity index (χ0v) is 23.5.